The molecule has 1 amide bonds. The number of carboxylic acids is 1. The third-order valence-corrected chi connectivity index (χ3v) is 3.97. The zero-order valence-corrected chi connectivity index (χ0v) is 14.2. The summed E-state index contributed by atoms with van der Waals surface area (Å²) in [6.07, 6.45) is 0. The van der Waals surface area contributed by atoms with Crippen LogP contribution in [0, 0.1) is 6.92 Å². The zero-order chi connectivity index (χ0) is 17.4. The van der Waals surface area contributed by atoms with E-state index in [0.717, 1.165) is 0 Å². The van der Waals surface area contributed by atoms with Gasteiger partial charge in [0.05, 0.1) is 15.7 Å². The summed E-state index contributed by atoms with van der Waals surface area (Å²) in [6.45, 7) is 4.57. The van der Waals surface area contributed by atoms with Crippen LogP contribution < -0.4 is 5.32 Å². The SMILES string of the molecule is Cc1cc(C(=O)NC(C)(C)C(=O)O)nn1-c1ccc(Cl)c(Cl)c1. The maximum absolute atomic E-state index is 12.2. The number of benzene rings is 1. The monoisotopic (exact) mass is 355 g/mol. The van der Waals surface area contributed by atoms with E-state index < -0.39 is 17.4 Å². The van der Waals surface area contributed by atoms with E-state index in [1.807, 2.05) is 0 Å². The molecule has 1 heterocycles. The molecule has 2 N–H and O–H groups in total. The van der Waals surface area contributed by atoms with E-state index in [1.165, 1.54) is 18.5 Å². The van der Waals surface area contributed by atoms with Crippen LogP contribution in [-0.4, -0.2) is 32.3 Å². The molecule has 0 aliphatic carbocycles. The van der Waals surface area contributed by atoms with E-state index in [1.54, 1.807) is 31.2 Å². The number of hydrogen-bond donors (Lipinski definition) is 2. The molecule has 2 aromatic rings. The molecule has 0 aliphatic heterocycles. The first-order chi connectivity index (χ1) is 10.6. The summed E-state index contributed by atoms with van der Waals surface area (Å²) in [6, 6.07) is 6.55. The van der Waals surface area contributed by atoms with Crippen LogP contribution in [-0.2, 0) is 4.79 Å². The smallest absolute Gasteiger partial charge is 0.328 e. The molecule has 1 aromatic heterocycles. The average molecular weight is 356 g/mol. The summed E-state index contributed by atoms with van der Waals surface area (Å²) in [5.74, 6) is -1.70. The van der Waals surface area contributed by atoms with Crippen molar-refractivity contribution in [3.8, 4) is 5.69 Å². The molecule has 0 bridgehead atoms. The molecule has 2 rings (SSSR count). The van der Waals surface area contributed by atoms with Crippen molar-refractivity contribution in [2.75, 3.05) is 0 Å². The number of nitrogens with one attached hydrogen (secondary N) is 1. The fourth-order valence-electron chi connectivity index (χ4n) is 1.86. The summed E-state index contributed by atoms with van der Waals surface area (Å²) in [7, 11) is 0. The van der Waals surface area contributed by atoms with Gasteiger partial charge in [-0.15, -0.1) is 0 Å². The van der Waals surface area contributed by atoms with E-state index in [4.69, 9.17) is 28.3 Å². The molecule has 122 valence electrons. The maximum atomic E-state index is 12.2. The van der Waals surface area contributed by atoms with Gasteiger partial charge in [0, 0.05) is 5.69 Å². The number of amides is 1. The van der Waals surface area contributed by atoms with Crippen LogP contribution in [0.2, 0.25) is 10.0 Å². The highest BCUT2D eigenvalue weighted by molar-refractivity contribution is 6.42. The second kappa shape index (κ2) is 6.22. The lowest BCUT2D eigenvalue weighted by Crippen LogP contribution is -2.49. The van der Waals surface area contributed by atoms with Gasteiger partial charge in [-0.1, -0.05) is 23.2 Å². The molecule has 0 saturated carbocycles. The molecule has 0 saturated heterocycles. The maximum Gasteiger partial charge on any atom is 0.328 e. The highest BCUT2D eigenvalue weighted by atomic mass is 35.5. The number of hydrogen-bond acceptors (Lipinski definition) is 3. The molecular weight excluding hydrogens is 341 g/mol. The van der Waals surface area contributed by atoms with Crippen molar-refractivity contribution in [1.29, 1.82) is 0 Å². The Morgan fingerprint density at radius 2 is 1.87 bits per heavy atom. The first-order valence-corrected chi connectivity index (χ1v) is 7.45. The number of carboxylic acid groups (broad SMARTS) is 1. The quantitative estimate of drug-likeness (QED) is 0.882. The lowest BCUT2D eigenvalue weighted by atomic mass is 10.1. The summed E-state index contributed by atoms with van der Waals surface area (Å²) in [5.41, 5.74) is 0.0660. The Labute approximate surface area is 143 Å². The molecule has 0 aliphatic rings. The number of halogens is 2. The Balaban J connectivity index is 2.32. The van der Waals surface area contributed by atoms with Crippen molar-refractivity contribution < 1.29 is 14.7 Å². The number of nitrogens with zero attached hydrogens (tertiary/aromatic N) is 2. The van der Waals surface area contributed by atoms with Crippen LogP contribution in [0.1, 0.15) is 30.0 Å². The molecule has 8 heteroatoms. The van der Waals surface area contributed by atoms with Crippen molar-refractivity contribution in [2.45, 2.75) is 26.3 Å². The van der Waals surface area contributed by atoms with Crippen molar-refractivity contribution in [2.24, 2.45) is 0 Å². The number of aliphatic carboxylic acids is 1. The third-order valence-electron chi connectivity index (χ3n) is 3.23. The average Bonchev–Trinajstić information content (AvgIpc) is 2.83. The number of carbonyl (C=O) groups excluding carboxylic acids is 1. The first-order valence-electron chi connectivity index (χ1n) is 6.70. The van der Waals surface area contributed by atoms with Crippen molar-refractivity contribution in [1.82, 2.24) is 15.1 Å². The largest absolute Gasteiger partial charge is 0.480 e. The van der Waals surface area contributed by atoms with Gasteiger partial charge in [-0.05, 0) is 45.0 Å². The van der Waals surface area contributed by atoms with Gasteiger partial charge in [0.25, 0.3) is 5.91 Å². The lowest BCUT2D eigenvalue weighted by molar-refractivity contribution is -0.143. The van der Waals surface area contributed by atoms with E-state index >= 15 is 0 Å². The standard InChI is InChI=1S/C15H15Cl2N3O3/c1-8-6-12(13(21)18-15(2,3)14(22)23)19-20(8)9-4-5-10(16)11(17)7-9/h4-7H,1-3H3,(H,18,21)(H,22,23). The van der Waals surface area contributed by atoms with Gasteiger partial charge in [0.2, 0.25) is 0 Å². The number of rotatable bonds is 4. The van der Waals surface area contributed by atoms with Gasteiger partial charge in [0.15, 0.2) is 5.69 Å². The predicted octanol–water partition coefficient (Wildman–Crippen LogP) is 3.08. The highest BCUT2D eigenvalue weighted by Gasteiger charge is 2.30. The number of aryl methyl sites for hydroxylation is 1. The fourth-order valence-corrected chi connectivity index (χ4v) is 2.16. The summed E-state index contributed by atoms with van der Waals surface area (Å²) in [4.78, 5) is 23.3. The summed E-state index contributed by atoms with van der Waals surface area (Å²) >= 11 is 11.9. The molecule has 0 atom stereocenters. The van der Waals surface area contributed by atoms with Gasteiger partial charge < -0.3 is 10.4 Å². The summed E-state index contributed by atoms with van der Waals surface area (Å²) < 4.78 is 1.53. The molecule has 23 heavy (non-hydrogen) atoms. The van der Waals surface area contributed by atoms with Gasteiger partial charge in [-0.3, -0.25) is 4.79 Å². The van der Waals surface area contributed by atoms with Gasteiger partial charge >= 0.3 is 5.97 Å². The Hall–Kier alpha value is -2.05. The molecule has 0 spiro atoms. The minimum Gasteiger partial charge on any atom is -0.480 e. The van der Waals surface area contributed by atoms with Crippen molar-refractivity contribution >= 4 is 35.1 Å². The van der Waals surface area contributed by atoms with E-state index in [2.05, 4.69) is 10.4 Å². The molecule has 0 unspecified atom stereocenters. The molecule has 0 fully saturated rings. The Bertz CT molecular complexity index is 784. The number of aromatic nitrogens is 2. The van der Waals surface area contributed by atoms with Crippen LogP contribution in [0.15, 0.2) is 24.3 Å². The fraction of sp³-hybridized carbons (Fsp3) is 0.267. The molecule has 0 radical (unpaired) electrons. The topological polar surface area (TPSA) is 84.2 Å². The minimum atomic E-state index is -1.39. The zero-order valence-electron chi connectivity index (χ0n) is 12.7. The van der Waals surface area contributed by atoms with Crippen LogP contribution in [0.3, 0.4) is 0 Å². The van der Waals surface area contributed by atoms with E-state index in [0.29, 0.717) is 21.4 Å². The van der Waals surface area contributed by atoms with Crippen molar-refractivity contribution in [3.63, 3.8) is 0 Å². The Kier molecular flexibility index (Phi) is 4.68. The van der Waals surface area contributed by atoms with Crippen molar-refractivity contribution in [3.05, 3.63) is 45.7 Å². The minimum absolute atomic E-state index is 0.114. The summed E-state index contributed by atoms with van der Waals surface area (Å²) in [5, 5.41) is 16.5. The van der Waals surface area contributed by atoms with Crippen LogP contribution in [0.5, 0.6) is 0 Å². The number of carbonyl (C=O) groups is 2. The molecular formula is C15H15Cl2N3O3. The van der Waals surface area contributed by atoms with E-state index in [9.17, 15) is 9.59 Å². The highest BCUT2D eigenvalue weighted by Crippen LogP contribution is 2.25. The second-order valence-corrected chi connectivity index (χ2v) is 6.38. The second-order valence-electron chi connectivity index (χ2n) is 5.57. The Morgan fingerprint density at radius 3 is 2.43 bits per heavy atom. The molecule has 1 aromatic carbocycles. The van der Waals surface area contributed by atoms with E-state index in [-0.39, 0.29) is 5.69 Å². The van der Waals surface area contributed by atoms with Crippen LogP contribution in [0.4, 0.5) is 0 Å². The van der Waals surface area contributed by atoms with Gasteiger partial charge in [-0.2, -0.15) is 5.10 Å². The first kappa shape index (κ1) is 17.3. The van der Waals surface area contributed by atoms with Gasteiger partial charge in [-0.25, -0.2) is 9.48 Å². The molecule has 6 nitrogen and oxygen atoms in total. The van der Waals surface area contributed by atoms with Crippen LogP contribution >= 0.6 is 23.2 Å². The van der Waals surface area contributed by atoms with Crippen LogP contribution in [0.25, 0.3) is 5.69 Å². The normalized spacial score (nSPS) is 11.3. The van der Waals surface area contributed by atoms with Gasteiger partial charge in [0.1, 0.15) is 5.54 Å². The predicted molar refractivity (Wildman–Crippen MR) is 87.5 cm³/mol. The Morgan fingerprint density at radius 1 is 1.22 bits per heavy atom. The lowest BCUT2D eigenvalue weighted by Gasteiger charge is -2.20. The third kappa shape index (κ3) is 3.65.